The Hall–Kier alpha value is -1.30. The fraction of sp³-hybridized carbons (Fsp3) is 0.846. The van der Waals surface area contributed by atoms with Gasteiger partial charge < -0.3 is 14.9 Å². The summed E-state index contributed by atoms with van der Waals surface area (Å²) in [6, 6.07) is 0.320. The number of piperidine rings is 1. The van der Waals surface area contributed by atoms with Crippen LogP contribution in [0.2, 0.25) is 0 Å². The summed E-state index contributed by atoms with van der Waals surface area (Å²) in [4.78, 5) is 28.1. The molecule has 6 heteroatoms. The molecule has 0 atom stereocenters. The van der Waals surface area contributed by atoms with Crippen molar-refractivity contribution < 1.29 is 14.7 Å². The van der Waals surface area contributed by atoms with Crippen LogP contribution in [0.5, 0.6) is 0 Å². The second-order valence-corrected chi connectivity index (χ2v) is 5.26. The van der Waals surface area contributed by atoms with Gasteiger partial charge in [0.15, 0.2) is 0 Å². The number of hydrogen-bond acceptors (Lipinski definition) is 3. The van der Waals surface area contributed by atoms with Gasteiger partial charge in [-0.25, -0.2) is 4.79 Å². The number of hydrogen-bond donors (Lipinski definition) is 1. The monoisotopic (exact) mass is 271 g/mol. The van der Waals surface area contributed by atoms with Crippen LogP contribution in [0.1, 0.15) is 26.2 Å². The first-order valence-corrected chi connectivity index (χ1v) is 6.87. The van der Waals surface area contributed by atoms with Crippen LogP contribution in [0.25, 0.3) is 0 Å². The lowest BCUT2D eigenvalue weighted by Crippen LogP contribution is -2.50. The van der Waals surface area contributed by atoms with Crippen molar-refractivity contribution in [1.29, 1.82) is 0 Å². The average Bonchev–Trinajstić information content (AvgIpc) is 2.37. The van der Waals surface area contributed by atoms with Crippen LogP contribution in [0, 0.1) is 0 Å². The number of aliphatic carboxylic acids is 1. The molecule has 110 valence electrons. The molecule has 1 aliphatic heterocycles. The molecular weight excluding hydrogens is 246 g/mol. The largest absolute Gasteiger partial charge is 0.480 e. The van der Waals surface area contributed by atoms with Gasteiger partial charge in [0.05, 0.1) is 6.54 Å². The molecule has 1 rings (SSSR count). The minimum absolute atomic E-state index is 0.0405. The molecule has 0 aromatic carbocycles. The van der Waals surface area contributed by atoms with Gasteiger partial charge in [-0.1, -0.05) is 6.92 Å². The number of carboxylic acid groups (broad SMARTS) is 1. The number of nitrogens with zero attached hydrogens (tertiary/aromatic N) is 3. The summed E-state index contributed by atoms with van der Waals surface area (Å²) in [5.41, 5.74) is 0. The normalized spacial score (nSPS) is 16.7. The highest BCUT2D eigenvalue weighted by Gasteiger charge is 2.27. The van der Waals surface area contributed by atoms with Gasteiger partial charge >= 0.3 is 12.0 Å². The SMILES string of the molecule is CCCN(CC(=O)O)C1CCN(C(=O)N(C)C)CC1. The molecular formula is C13H25N3O3. The standard InChI is InChI=1S/C13H25N3O3/c1-4-7-16(10-12(17)18)11-5-8-15(9-6-11)13(19)14(2)3/h11H,4-10H2,1-3H3,(H,17,18). The van der Waals surface area contributed by atoms with Crippen molar-refractivity contribution >= 4 is 12.0 Å². The second kappa shape index (κ2) is 7.33. The summed E-state index contributed by atoms with van der Waals surface area (Å²) in [7, 11) is 3.50. The summed E-state index contributed by atoms with van der Waals surface area (Å²) in [5.74, 6) is -0.778. The molecule has 1 aliphatic rings. The highest BCUT2D eigenvalue weighted by atomic mass is 16.4. The number of rotatable bonds is 5. The molecule has 1 fully saturated rings. The molecule has 1 heterocycles. The van der Waals surface area contributed by atoms with Crippen LogP contribution in [-0.4, -0.2) is 78.1 Å². The molecule has 0 aliphatic carbocycles. The first kappa shape index (κ1) is 15.8. The van der Waals surface area contributed by atoms with E-state index in [-0.39, 0.29) is 18.6 Å². The molecule has 1 N–H and O–H groups in total. The van der Waals surface area contributed by atoms with E-state index < -0.39 is 5.97 Å². The summed E-state index contributed by atoms with van der Waals surface area (Å²) >= 11 is 0. The molecule has 0 aromatic rings. The third-order valence-corrected chi connectivity index (χ3v) is 3.48. The maximum Gasteiger partial charge on any atom is 0.319 e. The smallest absolute Gasteiger partial charge is 0.319 e. The van der Waals surface area contributed by atoms with Crippen molar-refractivity contribution in [3.63, 3.8) is 0 Å². The Morgan fingerprint density at radius 1 is 1.26 bits per heavy atom. The fourth-order valence-corrected chi connectivity index (χ4v) is 2.56. The molecule has 19 heavy (non-hydrogen) atoms. The molecule has 0 unspecified atom stereocenters. The van der Waals surface area contributed by atoms with Crippen LogP contribution in [0.4, 0.5) is 4.79 Å². The molecule has 1 saturated heterocycles. The first-order chi connectivity index (χ1) is 8.95. The van der Waals surface area contributed by atoms with E-state index in [1.54, 1.807) is 19.0 Å². The first-order valence-electron chi connectivity index (χ1n) is 6.87. The Balaban J connectivity index is 2.50. The minimum atomic E-state index is -0.778. The van der Waals surface area contributed by atoms with Crippen molar-refractivity contribution in [2.24, 2.45) is 0 Å². The Bertz CT molecular complexity index is 312. The Kier molecular flexibility index (Phi) is 6.08. The van der Waals surface area contributed by atoms with Gasteiger partial charge in [-0.3, -0.25) is 9.69 Å². The number of urea groups is 1. The van der Waals surface area contributed by atoms with Crippen LogP contribution < -0.4 is 0 Å². The predicted molar refractivity (Wildman–Crippen MR) is 73.2 cm³/mol. The van der Waals surface area contributed by atoms with Gasteiger partial charge in [0.2, 0.25) is 0 Å². The maximum atomic E-state index is 11.8. The van der Waals surface area contributed by atoms with E-state index in [1.807, 2.05) is 9.80 Å². The number of carbonyl (C=O) groups is 2. The maximum absolute atomic E-state index is 11.8. The van der Waals surface area contributed by atoms with E-state index in [4.69, 9.17) is 5.11 Å². The summed E-state index contributed by atoms with van der Waals surface area (Å²) < 4.78 is 0. The molecule has 0 aromatic heterocycles. The minimum Gasteiger partial charge on any atom is -0.480 e. The van der Waals surface area contributed by atoms with Crippen molar-refractivity contribution in [1.82, 2.24) is 14.7 Å². The van der Waals surface area contributed by atoms with E-state index in [9.17, 15) is 9.59 Å². The van der Waals surface area contributed by atoms with Gasteiger partial charge in [-0.05, 0) is 25.8 Å². The van der Waals surface area contributed by atoms with Crippen molar-refractivity contribution in [3.05, 3.63) is 0 Å². The zero-order chi connectivity index (χ0) is 14.4. The lowest BCUT2D eigenvalue weighted by Gasteiger charge is -2.38. The zero-order valence-electron chi connectivity index (χ0n) is 12.1. The Labute approximate surface area is 115 Å². The molecule has 0 bridgehead atoms. The summed E-state index contributed by atoms with van der Waals surface area (Å²) in [6.45, 7) is 4.38. The molecule has 0 spiro atoms. The van der Waals surface area contributed by atoms with Gasteiger partial charge in [-0.2, -0.15) is 0 Å². The highest BCUT2D eigenvalue weighted by molar-refractivity contribution is 5.73. The quantitative estimate of drug-likeness (QED) is 0.808. The predicted octanol–water partition coefficient (Wildman–Crippen LogP) is 0.929. The van der Waals surface area contributed by atoms with E-state index in [0.29, 0.717) is 13.1 Å². The highest BCUT2D eigenvalue weighted by Crippen LogP contribution is 2.17. The van der Waals surface area contributed by atoms with Crippen LogP contribution in [0.3, 0.4) is 0 Å². The van der Waals surface area contributed by atoms with Crippen molar-refractivity contribution in [2.75, 3.05) is 40.3 Å². The second-order valence-electron chi connectivity index (χ2n) is 5.26. The van der Waals surface area contributed by atoms with E-state index in [2.05, 4.69) is 6.92 Å². The number of carbonyl (C=O) groups excluding carboxylic acids is 1. The Morgan fingerprint density at radius 2 is 1.84 bits per heavy atom. The number of carboxylic acids is 1. The molecule has 0 radical (unpaired) electrons. The van der Waals surface area contributed by atoms with Gasteiger partial charge in [0.1, 0.15) is 0 Å². The molecule has 0 saturated carbocycles. The lowest BCUT2D eigenvalue weighted by molar-refractivity contribution is -0.139. The van der Waals surface area contributed by atoms with Crippen LogP contribution >= 0.6 is 0 Å². The third-order valence-electron chi connectivity index (χ3n) is 3.48. The average molecular weight is 271 g/mol. The van der Waals surface area contributed by atoms with Gasteiger partial charge in [0, 0.05) is 33.2 Å². The van der Waals surface area contributed by atoms with Crippen molar-refractivity contribution in [3.8, 4) is 0 Å². The molecule has 2 amide bonds. The van der Waals surface area contributed by atoms with E-state index >= 15 is 0 Å². The van der Waals surface area contributed by atoms with Gasteiger partial charge in [0.25, 0.3) is 0 Å². The lowest BCUT2D eigenvalue weighted by atomic mass is 10.0. The summed E-state index contributed by atoms with van der Waals surface area (Å²) in [5, 5.41) is 8.94. The van der Waals surface area contributed by atoms with Crippen molar-refractivity contribution in [2.45, 2.75) is 32.2 Å². The van der Waals surface area contributed by atoms with Gasteiger partial charge in [-0.15, -0.1) is 0 Å². The van der Waals surface area contributed by atoms with Crippen LogP contribution in [-0.2, 0) is 4.79 Å². The van der Waals surface area contributed by atoms with E-state index in [0.717, 1.165) is 25.8 Å². The zero-order valence-corrected chi connectivity index (χ0v) is 12.1. The fourth-order valence-electron chi connectivity index (χ4n) is 2.56. The number of amides is 2. The Morgan fingerprint density at radius 3 is 2.26 bits per heavy atom. The topological polar surface area (TPSA) is 64.1 Å². The number of likely N-dealkylation sites (tertiary alicyclic amines) is 1. The third kappa shape index (κ3) is 4.70. The summed E-state index contributed by atoms with van der Waals surface area (Å²) in [6.07, 6.45) is 2.66. The van der Waals surface area contributed by atoms with Crippen LogP contribution in [0.15, 0.2) is 0 Å². The van der Waals surface area contributed by atoms with E-state index in [1.165, 1.54) is 0 Å². The molecule has 6 nitrogen and oxygen atoms in total.